The number of ether oxygens (including phenoxy) is 2. The van der Waals surface area contributed by atoms with Crippen molar-refractivity contribution in [1.82, 2.24) is 5.32 Å². The highest BCUT2D eigenvalue weighted by molar-refractivity contribution is 7.90. The monoisotopic (exact) mass is 385 g/mol. The average Bonchev–Trinajstić information content (AvgIpc) is 2.98. The van der Waals surface area contributed by atoms with Crippen LogP contribution in [0, 0.1) is 0 Å². The number of sulfone groups is 1. The fraction of sp³-hybridized carbons (Fsp3) is 0.529. The van der Waals surface area contributed by atoms with Gasteiger partial charge in [-0.1, -0.05) is 0 Å². The summed E-state index contributed by atoms with van der Waals surface area (Å²) in [5.74, 6) is -0.700. The van der Waals surface area contributed by atoms with Crippen LogP contribution in [-0.2, 0) is 24.2 Å². The first kappa shape index (κ1) is 20.2. The molecule has 26 heavy (non-hydrogen) atoms. The van der Waals surface area contributed by atoms with E-state index in [0.717, 1.165) is 6.26 Å². The van der Waals surface area contributed by atoms with Gasteiger partial charge in [0, 0.05) is 19.3 Å². The number of nitrogens with one attached hydrogen (secondary N) is 1. The molecule has 1 atom stereocenters. The number of carbonyl (C=O) groups is 2. The van der Waals surface area contributed by atoms with Gasteiger partial charge >= 0.3 is 5.97 Å². The van der Waals surface area contributed by atoms with Gasteiger partial charge in [-0.15, -0.1) is 0 Å². The maximum atomic E-state index is 12.1. The molecule has 1 aliphatic rings. The zero-order valence-corrected chi connectivity index (χ0v) is 15.4. The third-order valence-corrected chi connectivity index (χ3v) is 5.19. The fourth-order valence-electron chi connectivity index (χ4n) is 2.74. The summed E-state index contributed by atoms with van der Waals surface area (Å²) in [4.78, 5) is 23.3. The summed E-state index contributed by atoms with van der Waals surface area (Å²) in [6.45, 7) is 0.919. The molecule has 1 aromatic carbocycles. The molecule has 9 heteroatoms. The van der Waals surface area contributed by atoms with Crippen LogP contribution in [0.2, 0.25) is 0 Å². The zero-order chi connectivity index (χ0) is 19.2. The van der Waals surface area contributed by atoms with Crippen LogP contribution in [0.25, 0.3) is 0 Å². The number of carbonyl (C=O) groups excluding carboxylic acids is 1. The van der Waals surface area contributed by atoms with Crippen LogP contribution >= 0.6 is 0 Å². The van der Waals surface area contributed by atoms with Gasteiger partial charge in [0.15, 0.2) is 9.84 Å². The third kappa shape index (κ3) is 5.99. The highest BCUT2D eigenvalue weighted by atomic mass is 32.2. The lowest BCUT2D eigenvalue weighted by Crippen LogP contribution is -2.50. The van der Waals surface area contributed by atoms with Crippen molar-refractivity contribution in [1.29, 1.82) is 0 Å². The Kier molecular flexibility index (Phi) is 6.60. The van der Waals surface area contributed by atoms with Crippen LogP contribution < -0.4 is 10.1 Å². The summed E-state index contributed by atoms with van der Waals surface area (Å²) in [5.41, 5.74) is -0.828. The minimum Gasteiger partial charge on any atom is -0.494 e. The summed E-state index contributed by atoms with van der Waals surface area (Å²) in [7, 11) is -3.24. The standard InChI is InChI=1S/C17H23NO7S/c1-26(22,23)14-6-4-13(5-7-14)25-9-2-3-15(19)18-17(11-16(20)21)8-10-24-12-17/h4-7H,2-3,8-12H2,1H3,(H,18,19)(H,20,21). The second-order valence-corrected chi connectivity index (χ2v) is 8.41. The maximum Gasteiger partial charge on any atom is 0.305 e. The van der Waals surface area contributed by atoms with Gasteiger partial charge in [-0.3, -0.25) is 9.59 Å². The van der Waals surface area contributed by atoms with Crippen molar-refractivity contribution < 1.29 is 32.6 Å². The molecule has 0 saturated carbocycles. The molecule has 1 unspecified atom stereocenters. The molecule has 2 N–H and O–H groups in total. The van der Waals surface area contributed by atoms with E-state index in [1.807, 2.05) is 0 Å². The number of carboxylic acid groups (broad SMARTS) is 1. The molecule has 8 nitrogen and oxygen atoms in total. The van der Waals surface area contributed by atoms with E-state index in [9.17, 15) is 18.0 Å². The first-order chi connectivity index (χ1) is 12.2. The Hall–Kier alpha value is -2.13. The minimum atomic E-state index is -3.24. The van der Waals surface area contributed by atoms with Crippen molar-refractivity contribution >= 4 is 21.7 Å². The number of carboxylic acids is 1. The van der Waals surface area contributed by atoms with E-state index in [4.69, 9.17) is 14.6 Å². The smallest absolute Gasteiger partial charge is 0.305 e. The Labute approximate surface area is 152 Å². The van der Waals surface area contributed by atoms with Crippen LogP contribution in [0.4, 0.5) is 0 Å². The van der Waals surface area contributed by atoms with Crippen LogP contribution in [-0.4, -0.2) is 57.0 Å². The van der Waals surface area contributed by atoms with Gasteiger partial charge in [-0.2, -0.15) is 0 Å². The van der Waals surface area contributed by atoms with E-state index in [-0.39, 0.29) is 36.9 Å². The Bertz CT molecular complexity index is 737. The number of hydrogen-bond donors (Lipinski definition) is 2. The SMILES string of the molecule is CS(=O)(=O)c1ccc(OCCCC(=O)NC2(CC(=O)O)CCOC2)cc1. The topological polar surface area (TPSA) is 119 Å². The Morgan fingerprint density at radius 1 is 1.31 bits per heavy atom. The molecule has 2 rings (SSSR count). The van der Waals surface area contributed by atoms with Crippen LogP contribution in [0.5, 0.6) is 5.75 Å². The molecule has 0 aliphatic carbocycles. The lowest BCUT2D eigenvalue weighted by atomic mass is 9.94. The number of aliphatic carboxylic acids is 1. The number of hydrogen-bond acceptors (Lipinski definition) is 6. The summed E-state index contributed by atoms with van der Waals surface area (Å²) in [5, 5.41) is 11.8. The molecule has 0 aromatic heterocycles. The van der Waals surface area contributed by atoms with Crippen molar-refractivity contribution in [2.75, 3.05) is 26.1 Å². The molecular weight excluding hydrogens is 362 g/mol. The summed E-state index contributed by atoms with van der Waals surface area (Å²) >= 11 is 0. The molecule has 1 aliphatic heterocycles. The summed E-state index contributed by atoms with van der Waals surface area (Å²) in [6.07, 6.45) is 2.09. The largest absolute Gasteiger partial charge is 0.494 e. The quantitative estimate of drug-likeness (QED) is 0.609. The Morgan fingerprint density at radius 3 is 2.54 bits per heavy atom. The second kappa shape index (κ2) is 8.50. The Morgan fingerprint density at radius 2 is 2.00 bits per heavy atom. The van der Waals surface area contributed by atoms with Crippen molar-refractivity contribution in [2.45, 2.75) is 36.1 Å². The van der Waals surface area contributed by atoms with Gasteiger partial charge in [0.2, 0.25) is 5.91 Å². The zero-order valence-electron chi connectivity index (χ0n) is 14.6. The van der Waals surface area contributed by atoms with E-state index in [1.165, 1.54) is 12.1 Å². The van der Waals surface area contributed by atoms with Crippen molar-refractivity contribution in [2.24, 2.45) is 0 Å². The predicted molar refractivity (Wildman–Crippen MR) is 92.8 cm³/mol. The van der Waals surface area contributed by atoms with Crippen molar-refractivity contribution in [3.8, 4) is 5.75 Å². The Balaban J connectivity index is 1.75. The normalized spacial score (nSPS) is 19.9. The molecule has 0 radical (unpaired) electrons. The summed E-state index contributed by atoms with van der Waals surface area (Å²) < 4.78 is 33.5. The van der Waals surface area contributed by atoms with Crippen molar-refractivity contribution in [3.05, 3.63) is 24.3 Å². The van der Waals surface area contributed by atoms with E-state index in [0.29, 0.717) is 25.2 Å². The molecule has 1 saturated heterocycles. The molecule has 0 bridgehead atoms. The van der Waals surface area contributed by atoms with Gasteiger partial charge in [0.05, 0.1) is 30.1 Å². The molecule has 1 heterocycles. The van der Waals surface area contributed by atoms with E-state index >= 15 is 0 Å². The number of benzene rings is 1. The van der Waals surface area contributed by atoms with Crippen LogP contribution in [0.1, 0.15) is 25.7 Å². The van der Waals surface area contributed by atoms with Gasteiger partial charge in [-0.05, 0) is 37.1 Å². The first-order valence-electron chi connectivity index (χ1n) is 8.24. The van der Waals surface area contributed by atoms with E-state index in [1.54, 1.807) is 12.1 Å². The highest BCUT2D eigenvalue weighted by Crippen LogP contribution is 2.23. The molecule has 0 spiro atoms. The predicted octanol–water partition coefficient (Wildman–Crippen LogP) is 0.999. The maximum absolute atomic E-state index is 12.1. The van der Waals surface area contributed by atoms with Crippen molar-refractivity contribution in [3.63, 3.8) is 0 Å². The van der Waals surface area contributed by atoms with Gasteiger partial charge < -0.3 is 19.9 Å². The number of rotatable bonds is 9. The molecular formula is C17H23NO7S. The minimum absolute atomic E-state index is 0.165. The van der Waals surface area contributed by atoms with Gasteiger partial charge in [-0.25, -0.2) is 8.42 Å². The lowest BCUT2D eigenvalue weighted by Gasteiger charge is -2.27. The molecule has 1 aromatic rings. The number of amides is 1. The first-order valence-corrected chi connectivity index (χ1v) is 10.1. The van der Waals surface area contributed by atoms with Crippen LogP contribution in [0.3, 0.4) is 0 Å². The molecule has 1 amide bonds. The van der Waals surface area contributed by atoms with E-state index < -0.39 is 21.3 Å². The van der Waals surface area contributed by atoms with E-state index in [2.05, 4.69) is 5.32 Å². The third-order valence-electron chi connectivity index (χ3n) is 4.07. The average molecular weight is 385 g/mol. The van der Waals surface area contributed by atoms with Gasteiger partial charge in [0.1, 0.15) is 5.75 Å². The summed E-state index contributed by atoms with van der Waals surface area (Å²) in [6, 6.07) is 6.06. The molecule has 144 valence electrons. The fourth-order valence-corrected chi connectivity index (χ4v) is 3.37. The second-order valence-electron chi connectivity index (χ2n) is 6.40. The molecule has 1 fully saturated rings. The highest BCUT2D eigenvalue weighted by Gasteiger charge is 2.38. The lowest BCUT2D eigenvalue weighted by molar-refractivity contribution is -0.139. The van der Waals surface area contributed by atoms with Gasteiger partial charge in [0.25, 0.3) is 0 Å². The van der Waals surface area contributed by atoms with Crippen LogP contribution in [0.15, 0.2) is 29.2 Å².